The summed E-state index contributed by atoms with van der Waals surface area (Å²) in [5, 5.41) is 12.4. The van der Waals surface area contributed by atoms with Crippen LogP contribution in [-0.2, 0) is 0 Å². The van der Waals surface area contributed by atoms with Gasteiger partial charge in [0.05, 0.1) is 0 Å². The summed E-state index contributed by atoms with van der Waals surface area (Å²) in [7, 11) is 0. The maximum atomic E-state index is 9.25. The summed E-state index contributed by atoms with van der Waals surface area (Å²) >= 11 is 2.03. The first-order chi connectivity index (χ1) is 6.83. The van der Waals surface area contributed by atoms with E-state index in [1.807, 2.05) is 11.8 Å². The number of rotatable bonds is 7. The van der Waals surface area contributed by atoms with Gasteiger partial charge in [-0.05, 0) is 25.0 Å². The average molecular weight is 217 g/mol. The zero-order valence-electron chi connectivity index (χ0n) is 9.17. The van der Waals surface area contributed by atoms with E-state index in [9.17, 15) is 5.11 Å². The van der Waals surface area contributed by atoms with Crippen molar-refractivity contribution in [2.75, 3.05) is 11.5 Å². The SMILES string of the molecule is CCCCCCSC[C@@H]1CCC(O)N1. The first-order valence-electron chi connectivity index (χ1n) is 5.84. The fourth-order valence-corrected chi connectivity index (χ4v) is 2.91. The highest BCUT2D eigenvalue weighted by atomic mass is 32.2. The Bertz CT molecular complexity index is 143. The Hall–Kier alpha value is 0.270. The van der Waals surface area contributed by atoms with Gasteiger partial charge in [-0.2, -0.15) is 11.8 Å². The predicted molar refractivity (Wildman–Crippen MR) is 63.6 cm³/mol. The third-order valence-corrected chi connectivity index (χ3v) is 3.89. The largest absolute Gasteiger partial charge is 0.379 e. The molecule has 1 rings (SSSR count). The van der Waals surface area contributed by atoms with Crippen molar-refractivity contribution in [2.45, 2.75) is 57.7 Å². The molecule has 2 N–H and O–H groups in total. The number of thioether (sulfide) groups is 1. The summed E-state index contributed by atoms with van der Waals surface area (Å²) < 4.78 is 0. The maximum absolute atomic E-state index is 9.25. The second-order valence-electron chi connectivity index (χ2n) is 4.09. The minimum atomic E-state index is -0.235. The van der Waals surface area contributed by atoms with Crippen LogP contribution >= 0.6 is 11.8 Å². The van der Waals surface area contributed by atoms with Gasteiger partial charge >= 0.3 is 0 Å². The molecule has 0 spiro atoms. The van der Waals surface area contributed by atoms with Gasteiger partial charge in [-0.25, -0.2) is 0 Å². The van der Waals surface area contributed by atoms with Crippen molar-refractivity contribution in [3.05, 3.63) is 0 Å². The molecule has 1 heterocycles. The summed E-state index contributed by atoms with van der Waals surface area (Å²) in [5.41, 5.74) is 0. The number of hydrogen-bond acceptors (Lipinski definition) is 3. The molecule has 1 fully saturated rings. The Balaban J connectivity index is 1.84. The van der Waals surface area contributed by atoms with Crippen molar-refractivity contribution in [2.24, 2.45) is 0 Å². The number of aliphatic hydroxyl groups is 1. The van der Waals surface area contributed by atoms with Gasteiger partial charge in [-0.3, -0.25) is 5.32 Å². The summed E-state index contributed by atoms with van der Waals surface area (Å²) in [4.78, 5) is 0. The first kappa shape index (κ1) is 12.3. The zero-order chi connectivity index (χ0) is 10.2. The van der Waals surface area contributed by atoms with Crippen molar-refractivity contribution >= 4 is 11.8 Å². The molecule has 0 aromatic heterocycles. The van der Waals surface area contributed by atoms with E-state index in [0.29, 0.717) is 6.04 Å². The lowest BCUT2D eigenvalue weighted by molar-refractivity contribution is 0.156. The number of unbranched alkanes of at least 4 members (excludes halogenated alkanes) is 3. The van der Waals surface area contributed by atoms with Crippen molar-refractivity contribution in [3.63, 3.8) is 0 Å². The van der Waals surface area contributed by atoms with Gasteiger partial charge in [0.1, 0.15) is 6.23 Å². The monoisotopic (exact) mass is 217 g/mol. The van der Waals surface area contributed by atoms with Crippen LogP contribution in [0.4, 0.5) is 0 Å². The van der Waals surface area contributed by atoms with Crippen LogP contribution in [0, 0.1) is 0 Å². The van der Waals surface area contributed by atoms with Crippen LogP contribution in [0.2, 0.25) is 0 Å². The van der Waals surface area contributed by atoms with Crippen LogP contribution in [-0.4, -0.2) is 28.9 Å². The van der Waals surface area contributed by atoms with Gasteiger partial charge in [0, 0.05) is 11.8 Å². The Morgan fingerprint density at radius 3 is 2.79 bits per heavy atom. The smallest absolute Gasteiger partial charge is 0.105 e. The van der Waals surface area contributed by atoms with E-state index in [2.05, 4.69) is 12.2 Å². The van der Waals surface area contributed by atoms with Crippen LogP contribution in [0.1, 0.15) is 45.4 Å². The third-order valence-electron chi connectivity index (χ3n) is 2.68. The summed E-state index contributed by atoms with van der Waals surface area (Å²) in [6.45, 7) is 2.25. The molecule has 84 valence electrons. The van der Waals surface area contributed by atoms with E-state index < -0.39 is 0 Å². The molecule has 1 saturated heterocycles. The quantitative estimate of drug-likeness (QED) is 0.642. The molecule has 14 heavy (non-hydrogen) atoms. The second kappa shape index (κ2) is 7.55. The van der Waals surface area contributed by atoms with E-state index in [4.69, 9.17) is 0 Å². The fourth-order valence-electron chi connectivity index (χ4n) is 1.79. The highest BCUT2D eigenvalue weighted by molar-refractivity contribution is 7.99. The van der Waals surface area contributed by atoms with E-state index in [0.717, 1.165) is 12.8 Å². The molecule has 0 bridgehead atoms. The van der Waals surface area contributed by atoms with Gasteiger partial charge in [0.15, 0.2) is 0 Å². The molecule has 2 nitrogen and oxygen atoms in total. The first-order valence-corrected chi connectivity index (χ1v) is 7.00. The molecule has 2 atom stereocenters. The Morgan fingerprint density at radius 1 is 1.29 bits per heavy atom. The van der Waals surface area contributed by atoms with E-state index in [1.165, 1.54) is 37.2 Å². The molecule has 1 unspecified atom stereocenters. The lowest BCUT2D eigenvalue weighted by Gasteiger charge is -2.10. The molecular formula is C11H23NOS. The van der Waals surface area contributed by atoms with Gasteiger partial charge < -0.3 is 5.11 Å². The lowest BCUT2D eigenvalue weighted by Crippen LogP contribution is -2.30. The predicted octanol–water partition coefficient (Wildman–Crippen LogP) is 2.37. The Labute approximate surface area is 91.9 Å². The van der Waals surface area contributed by atoms with Crippen LogP contribution in [0.15, 0.2) is 0 Å². The molecule has 0 radical (unpaired) electrons. The maximum Gasteiger partial charge on any atom is 0.105 e. The summed E-state index contributed by atoms with van der Waals surface area (Å²) in [6.07, 6.45) is 7.27. The van der Waals surface area contributed by atoms with Gasteiger partial charge in [0.25, 0.3) is 0 Å². The van der Waals surface area contributed by atoms with Crippen LogP contribution < -0.4 is 5.32 Å². The molecule has 0 aliphatic carbocycles. The van der Waals surface area contributed by atoms with Crippen molar-refractivity contribution < 1.29 is 5.11 Å². The van der Waals surface area contributed by atoms with Gasteiger partial charge in [0.2, 0.25) is 0 Å². The molecule has 3 heteroatoms. The van der Waals surface area contributed by atoms with Crippen LogP contribution in [0.5, 0.6) is 0 Å². The zero-order valence-corrected chi connectivity index (χ0v) is 9.98. The normalized spacial score (nSPS) is 27.0. The number of hydrogen-bond donors (Lipinski definition) is 2. The molecule has 1 aliphatic rings. The molecule has 1 aliphatic heterocycles. The van der Waals surface area contributed by atoms with Gasteiger partial charge in [-0.15, -0.1) is 0 Å². The van der Waals surface area contributed by atoms with Gasteiger partial charge in [-0.1, -0.05) is 26.2 Å². The minimum absolute atomic E-state index is 0.235. The summed E-state index contributed by atoms with van der Waals surface area (Å²) in [5.74, 6) is 2.46. The van der Waals surface area contributed by atoms with E-state index in [1.54, 1.807) is 0 Å². The van der Waals surface area contributed by atoms with Crippen molar-refractivity contribution in [1.29, 1.82) is 0 Å². The molecule has 0 aromatic carbocycles. The van der Waals surface area contributed by atoms with Crippen LogP contribution in [0.3, 0.4) is 0 Å². The number of nitrogens with one attached hydrogen (secondary N) is 1. The molecular weight excluding hydrogens is 194 g/mol. The van der Waals surface area contributed by atoms with Crippen molar-refractivity contribution in [1.82, 2.24) is 5.32 Å². The van der Waals surface area contributed by atoms with E-state index >= 15 is 0 Å². The Morgan fingerprint density at radius 2 is 2.14 bits per heavy atom. The minimum Gasteiger partial charge on any atom is -0.379 e. The van der Waals surface area contributed by atoms with Crippen LogP contribution in [0.25, 0.3) is 0 Å². The standard InChI is InChI=1S/C11H23NOS/c1-2-3-4-5-8-14-9-10-6-7-11(13)12-10/h10-13H,2-9H2,1H3/t10-,11?/m0/s1. The molecule has 0 amide bonds. The Kier molecular flexibility index (Phi) is 6.65. The lowest BCUT2D eigenvalue weighted by atomic mass is 10.2. The fraction of sp³-hybridized carbons (Fsp3) is 1.00. The van der Waals surface area contributed by atoms with E-state index in [-0.39, 0.29) is 6.23 Å². The third kappa shape index (κ3) is 5.23. The second-order valence-corrected chi connectivity index (χ2v) is 5.24. The molecule has 0 saturated carbocycles. The van der Waals surface area contributed by atoms with Crippen molar-refractivity contribution in [3.8, 4) is 0 Å². The molecule has 0 aromatic rings. The highest BCUT2D eigenvalue weighted by Crippen LogP contribution is 2.16. The highest BCUT2D eigenvalue weighted by Gasteiger charge is 2.20. The number of aliphatic hydroxyl groups excluding tert-OH is 1. The average Bonchev–Trinajstić information content (AvgIpc) is 2.58. The topological polar surface area (TPSA) is 32.3 Å². The summed E-state index contributed by atoms with van der Waals surface area (Å²) in [6, 6.07) is 0.557.